The molecule has 0 saturated carbocycles. The second-order valence-corrected chi connectivity index (χ2v) is 7.37. The fraction of sp³-hybridized carbons (Fsp3) is 0.765. The predicted molar refractivity (Wildman–Crippen MR) is 89.5 cm³/mol. The Hall–Kier alpha value is -0.980. The van der Waals surface area contributed by atoms with Crippen LogP contribution in [-0.2, 0) is 14.3 Å². The van der Waals surface area contributed by atoms with Gasteiger partial charge < -0.3 is 14.4 Å². The Labute approximate surface area is 142 Å². The third-order valence-corrected chi connectivity index (χ3v) is 5.68. The van der Waals surface area contributed by atoms with Gasteiger partial charge in [0.25, 0.3) is 5.91 Å². The quantitative estimate of drug-likeness (QED) is 0.828. The fourth-order valence-corrected chi connectivity index (χ4v) is 4.25. The first-order valence-corrected chi connectivity index (χ1v) is 9.49. The number of nitrogens with zero attached hydrogens (tertiary/aromatic N) is 2. The Morgan fingerprint density at radius 2 is 2.35 bits per heavy atom. The average Bonchev–Trinajstić information content (AvgIpc) is 3.23. The van der Waals surface area contributed by atoms with Gasteiger partial charge in [0.2, 0.25) is 0 Å². The van der Waals surface area contributed by atoms with Gasteiger partial charge in [-0.1, -0.05) is 0 Å². The van der Waals surface area contributed by atoms with E-state index in [1.165, 1.54) is 0 Å². The molecule has 0 aliphatic carbocycles. The van der Waals surface area contributed by atoms with Gasteiger partial charge >= 0.3 is 0 Å². The third-order valence-electron chi connectivity index (χ3n) is 4.61. The van der Waals surface area contributed by atoms with Crippen LogP contribution in [0.4, 0.5) is 0 Å². The number of thiazole rings is 1. The molecule has 5 nitrogen and oxygen atoms in total. The lowest BCUT2D eigenvalue weighted by Crippen LogP contribution is -2.44. The zero-order chi connectivity index (χ0) is 16.2. The number of carbonyl (C=O) groups excluding carboxylic acids is 1. The Morgan fingerprint density at radius 1 is 1.48 bits per heavy atom. The number of hydrogen-bond acceptors (Lipinski definition) is 5. The van der Waals surface area contributed by atoms with Crippen molar-refractivity contribution in [2.45, 2.75) is 64.2 Å². The molecule has 2 saturated heterocycles. The molecule has 0 aromatic carbocycles. The minimum absolute atomic E-state index is 0.0838. The molecule has 2 aliphatic rings. The van der Waals surface area contributed by atoms with Gasteiger partial charge in [-0.05, 0) is 46.0 Å². The smallest absolute Gasteiger partial charge is 0.252 e. The van der Waals surface area contributed by atoms with E-state index in [0.717, 1.165) is 56.0 Å². The van der Waals surface area contributed by atoms with E-state index in [-0.39, 0.29) is 18.1 Å². The van der Waals surface area contributed by atoms with Crippen LogP contribution in [0.2, 0.25) is 0 Å². The second-order valence-electron chi connectivity index (χ2n) is 6.48. The van der Waals surface area contributed by atoms with Crippen LogP contribution in [-0.4, -0.2) is 47.8 Å². The topological polar surface area (TPSA) is 51.7 Å². The van der Waals surface area contributed by atoms with Gasteiger partial charge in [0, 0.05) is 24.2 Å². The summed E-state index contributed by atoms with van der Waals surface area (Å²) in [6.07, 6.45) is 5.07. The molecule has 2 aliphatic heterocycles. The maximum Gasteiger partial charge on any atom is 0.252 e. The molecule has 23 heavy (non-hydrogen) atoms. The van der Waals surface area contributed by atoms with Crippen LogP contribution < -0.4 is 0 Å². The molecular formula is C17H26N2O3S. The molecular weight excluding hydrogens is 312 g/mol. The van der Waals surface area contributed by atoms with Crippen molar-refractivity contribution in [3.8, 4) is 0 Å². The van der Waals surface area contributed by atoms with Crippen LogP contribution in [0.3, 0.4) is 0 Å². The maximum atomic E-state index is 12.8. The normalized spacial score (nSPS) is 26.4. The summed E-state index contributed by atoms with van der Waals surface area (Å²) >= 11 is 1.66. The molecule has 6 heteroatoms. The average molecular weight is 338 g/mol. The van der Waals surface area contributed by atoms with Crippen molar-refractivity contribution in [2.24, 2.45) is 0 Å². The van der Waals surface area contributed by atoms with Crippen molar-refractivity contribution in [3.63, 3.8) is 0 Å². The Balaban J connectivity index is 1.60. The highest BCUT2D eigenvalue weighted by atomic mass is 32.1. The highest BCUT2D eigenvalue weighted by Gasteiger charge is 2.33. The highest BCUT2D eigenvalue weighted by Crippen LogP contribution is 2.33. The van der Waals surface area contributed by atoms with Gasteiger partial charge in [-0.15, -0.1) is 11.3 Å². The van der Waals surface area contributed by atoms with Crippen LogP contribution in [0.15, 0.2) is 5.38 Å². The van der Waals surface area contributed by atoms with E-state index in [9.17, 15) is 4.79 Å². The lowest BCUT2D eigenvalue weighted by Gasteiger charge is -2.36. The van der Waals surface area contributed by atoms with Gasteiger partial charge in [-0.3, -0.25) is 4.79 Å². The molecule has 0 radical (unpaired) electrons. The first-order valence-electron chi connectivity index (χ1n) is 8.61. The van der Waals surface area contributed by atoms with Gasteiger partial charge in [0.1, 0.15) is 11.1 Å². The molecule has 1 aromatic heterocycles. The zero-order valence-electron chi connectivity index (χ0n) is 14.0. The van der Waals surface area contributed by atoms with Crippen molar-refractivity contribution >= 4 is 17.2 Å². The van der Waals surface area contributed by atoms with Crippen LogP contribution in [0, 0.1) is 6.92 Å². The van der Waals surface area contributed by atoms with Crippen molar-refractivity contribution in [3.05, 3.63) is 16.1 Å². The summed E-state index contributed by atoms with van der Waals surface area (Å²) in [5.74, 6) is 0.0838. The van der Waals surface area contributed by atoms with Gasteiger partial charge in [-0.25, -0.2) is 4.98 Å². The summed E-state index contributed by atoms with van der Waals surface area (Å²) < 4.78 is 11.4. The van der Waals surface area contributed by atoms with Crippen LogP contribution in [0.1, 0.15) is 55.8 Å². The second kappa shape index (κ2) is 7.73. The Morgan fingerprint density at radius 3 is 3.04 bits per heavy atom. The maximum absolute atomic E-state index is 12.8. The van der Waals surface area contributed by atoms with Crippen LogP contribution >= 0.6 is 11.3 Å². The van der Waals surface area contributed by atoms with Crippen LogP contribution in [0.5, 0.6) is 0 Å². The first-order chi connectivity index (χ1) is 11.1. The number of likely N-dealkylation sites (tertiary alicyclic amines) is 1. The standard InChI is InChI=1S/C17H26N2O3S/c1-12-11-23-16(18-12)15-7-3-4-8-19(15)17(20)13(2)22-10-14-6-5-9-21-14/h11,13-15H,3-10H2,1-2H3/t13-,14-,15+/m1/s1. The van der Waals surface area contributed by atoms with E-state index in [1.807, 2.05) is 18.7 Å². The van der Waals surface area contributed by atoms with E-state index in [0.29, 0.717) is 6.61 Å². The van der Waals surface area contributed by atoms with Crippen molar-refractivity contribution < 1.29 is 14.3 Å². The van der Waals surface area contributed by atoms with Gasteiger partial charge in [0.05, 0.1) is 18.8 Å². The molecule has 128 valence electrons. The van der Waals surface area contributed by atoms with Crippen molar-refractivity contribution in [2.75, 3.05) is 19.8 Å². The lowest BCUT2D eigenvalue weighted by molar-refractivity contribution is -0.148. The molecule has 0 unspecified atom stereocenters. The van der Waals surface area contributed by atoms with Crippen molar-refractivity contribution in [1.29, 1.82) is 0 Å². The monoisotopic (exact) mass is 338 g/mol. The summed E-state index contributed by atoms with van der Waals surface area (Å²) in [6, 6.07) is 0.115. The van der Waals surface area contributed by atoms with E-state index < -0.39 is 6.10 Å². The Kier molecular flexibility index (Phi) is 5.67. The van der Waals surface area contributed by atoms with Crippen LogP contribution in [0.25, 0.3) is 0 Å². The number of piperidine rings is 1. The lowest BCUT2D eigenvalue weighted by atomic mass is 10.0. The molecule has 0 spiro atoms. The SMILES string of the molecule is Cc1csc([C@@H]2CCCCN2C(=O)[C@@H](C)OC[C@H]2CCCO2)n1. The third kappa shape index (κ3) is 4.11. The molecule has 1 aromatic rings. The largest absolute Gasteiger partial charge is 0.376 e. The summed E-state index contributed by atoms with van der Waals surface area (Å²) in [5, 5.41) is 3.12. The van der Waals surface area contributed by atoms with E-state index in [4.69, 9.17) is 9.47 Å². The molecule has 1 amide bonds. The summed E-state index contributed by atoms with van der Waals surface area (Å²) in [6.45, 7) is 5.99. The number of rotatable bonds is 5. The number of hydrogen-bond donors (Lipinski definition) is 0. The molecule has 3 atom stereocenters. The first kappa shape index (κ1) is 16.9. The van der Waals surface area contributed by atoms with E-state index in [1.54, 1.807) is 11.3 Å². The summed E-state index contributed by atoms with van der Waals surface area (Å²) in [7, 11) is 0. The molecule has 0 bridgehead atoms. The Bertz CT molecular complexity index is 528. The van der Waals surface area contributed by atoms with E-state index >= 15 is 0 Å². The predicted octanol–water partition coefficient (Wildman–Crippen LogP) is 3.09. The molecule has 2 fully saturated rings. The number of carbonyl (C=O) groups is 1. The molecule has 3 heterocycles. The number of ether oxygens (including phenoxy) is 2. The summed E-state index contributed by atoms with van der Waals surface area (Å²) in [5.41, 5.74) is 1.03. The van der Waals surface area contributed by atoms with Crippen molar-refractivity contribution in [1.82, 2.24) is 9.88 Å². The minimum atomic E-state index is -0.416. The van der Waals surface area contributed by atoms with Gasteiger partial charge in [-0.2, -0.15) is 0 Å². The minimum Gasteiger partial charge on any atom is -0.376 e. The number of aromatic nitrogens is 1. The highest BCUT2D eigenvalue weighted by molar-refractivity contribution is 7.09. The van der Waals surface area contributed by atoms with E-state index in [2.05, 4.69) is 10.4 Å². The number of amides is 1. The number of aryl methyl sites for hydroxylation is 1. The molecule has 0 N–H and O–H groups in total. The summed E-state index contributed by atoms with van der Waals surface area (Å²) in [4.78, 5) is 19.4. The zero-order valence-corrected chi connectivity index (χ0v) is 14.8. The van der Waals surface area contributed by atoms with Gasteiger partial charge in [0.15, 0.2) is 0 Å². The fourth-order valence-electron chi connectivity index (χ4n) is 3.31. The molecule has 3 rings (SSSR count).